The van der Waals surface area contributed by atoms with E-state index in [1.165, 1.54) is 29.5 Å². The van der Waals surface area contributed by atoms with E-state index in [9.17, 15) is 9.90 Å². The Bertz CT molecular complexity index is 1010. The lowest BCUT2D eigenvalue weighted by atomic mass is 9.93. The molecule has 1 aliphatic rings. The topological polar surface area (TPSA) is 77.2 Å². The molecule has 1 aromatic heterocycles. The summed E-state index contributed by atoms with van der Waals surface area (Å²) in [5.74, 6) is -0.195. The quantitative estimate of drug-likeness (QED) is 0.605. The second-order valence-corrected chi connectivity index (χ2v) is 7.44. The largest absolute Gasteiger partial charge is 0.455 e. The third-order valence-electron chi connectivity index (χ3n) is 4.16. The molecule has 2 heterocycles. The maximum absolute atomic E-state index is 13.5. The van der Waals surface area contributed by atoms with Gasteiger partial charge in [0.15, 0.2) is 6.10 Å². The molecule has 0 unspecified atom stereocenters. The summed E-state index contributed by atoms with van der Waals surface area (Å²) in [6.45, 7) is 0. The van der Waals surface area contributed by atoms with Gasteiger partial charge < -0.3 is 9.84 Å². The van der Waals surface area contributed by atoms with Gasteiger partial charge in [0.05, 0.1) is 5.02 Å². The molecule has 0 amide bonds. The van der Waals surface area contributed by atoms with Gasteiger partial charge in [-0.3, -0.25) is 4.79 Å². The summed E-state index contributed by atoms with van der Waals surface area (Å²) in [5, 5.41) is 15.6. The summed E-state index contributed by atoms with van der Waals surface area (Å²) < 4.78 is 7.89. The van der Waals surface area contributed by atoms with Gasteiger partial charge >= 0.3 is 0 Å². The van der Waals surface area contributed by atoms with E-state index in [1.54, 1.807) is 24.3 Å². The highest BCUT2D eigenvalue weighted by Gasteiger charge is 2.57. The molecule has 3 aromatic rings. The zero-order valence-corrected chi connectivity index (χ0v) is 16.0. The van der Waals surface area contributed by atoms with Crippen LogP contribution in [0.15, 0.2) is 53.5 Å². The molecule has 0 saturated carbocycles. The van der Waals surface area contributed by atoms with Crippen LogP contribution in [0, 0.1) is 0 Å². The van der Waals surface area contributed by atoms with E-state index in [0.29, 0.717) is 16.3 Å². The summed E-state index contributed by atoms with van der Waals surface area (Å²) in [6.07, 6.45) is 1.25. The molecule has 4 rings (SSSR count). The Hall–Kier alpha value is -1.93. The minimum absolute atomic E-state index is 0.148. The Labute approximate surface area is 166 Å². The first-order valence-corrected chi connectivity index (χ1v) is 9.00. The predicted molar refractivity (Wildman–Crippen MR) is 98.5 cm³/mol. The molecule has 132 valence electrons. The lowest BCUT2D eigenvalue weighted by molar-refractivity contribution is -0.0685. The average molecular weight is 455 g/mol. The SMILES string of the molecule is O=C(c1ccc(Cl)cc1Cl)[C@]1(n2cncn2)Oc2ccc(Br)cc2[C@@H]1O. The third-order valence-corrected chi connectivity index (χ3v) is 5.20. The molecule has 9 heteroatoms. The van der Waals surface area contributed by atoms with Crippen molar-refractivity contribution in [2.45, 2.75) is 11.8 Å². The fourth-order valence-electron chi connectivity index (χ4n) is 2.95. The number of fused-ring (bicyclic) bond motifs is 1. The van der Waals surface area contributed by atoms with Gasteiger partial charge in [-0.25, -0.2) is 9.67 Å². The number of aliphatic hydroxyl groups excluding tert-OH is 1. The highest BCUT2D eigenvalue weighted by molar-refractivity contribution is 9.10. The summed E-state index contributed by atoms with van der Waals surface area (Å²) >= 11 is 15.5. The maximum atomic E-state index is 13.5. The standard InChI is InChI=1S/C17H10BrCl2N3O3/c18-9-1-4-14-12(5-9)16(25)17(26-14,23-8-21-7-22-23)15(24)11-3-2-10(19)6-13(11)20/h1-8,16,25H/t16-,17-/m0/s1. The number of carbonyl (C=O) groups is 1. The van der Waals surface area contributed by atoms with Crippen molar-refractivity contribution in [3.8, 4) is 5.75 Å². The first-order chi connectivity index (χ1) is 12.4. The molecule has 0 spiro atoms. The number of Topliss-reactive ketones (excluding diaryl/α,β-unsaturated/α-hetero) is 1. The lowest BCUT2D eigenvalue weighted by Crippen LogP contribution is -2.49. The number of aromatic nitrogens is 3. The van der Waals surface area contributed by atoms with Crippen molar-refractivity contribution in [2.24, 2.45) is 0 Å². The van der Waals surface area contributed by atoms with E-state index in [1.807, 2.05) is 0 Å². The smallest absolute Gasteiger partial charge is 0.296 e. The van der Waals surface area contributed by atoms with Crippen molar-refractivity contribution < 1.29 is 14.6 Å². The molecule has 0 fully saturated rings. The second kappa shape index (κ2) is 6.35. The van der Waals surface area contributed by atoms with Crippen molar-refractivity contribution in [1.29, 1.82) is 0 Å². The number of hydrogen-bond acceptors (Lipinski definition) is 5. The molecule has 1 aliphatic heterocycles. The van der Waals surface area contributed by atoms with E-state index in [4.69, 9.17) is 27.9 Å². The molecular formula is C17H10BrCl2N3O3. The Balaban J connectivity index is 1.91. The monoisotopic (exact) mass is 453 g/mol. The zero-order chi connectivity index (χ0) is 18.5. The first kappa shape index (κ1) is 17.5. The maximum Gasteiger partial charge on any atom is 0.296 e. The number of rotatable bonds is 3. The summed E-state index contributed by atoms with van der Waals surface area (Å²) in [5.41, 5.74) is -1.26. The van der Waals surface area contributed by atoms with Crippen molar-refractivity contribution in [3.63, 3.8) is 0 Å². The van der Waals surface area contributed by atoms with E-state index in [0.717, 1.165) is 4.47 Å². The van der Waals surface area contributed by atoms with Gasteiger partial charge in [0.2, 0.25) is 5.78 Å². The van der Waals surface area contributed by atoms with Crippen LogP contribution in [0.1, 0.15) is 22.0 Å². The van der Waals surface area contributed by atoms with Crippen LogP contribution in [0.2, 0.25) is 10.0 Å². The van der Waals surface area contributed by atoms with Crippen molar-refractivity contribution in [2.75, 3.05) is 0 Å². The average Bonchev–Trinajstić information content (AvgIpc) is 3.22. The van der Waals surface area contributed by atoms with Crippen molar-refractivity contribution in [3.05, 3.63) is 74.7 Å². The van der Waals surface area contributed by atoms with Gasteiger partial charge in [0, 0.05) is 20.6 Å². The van der Waals surface area contributed by atoms with Crippen LogP contribution < -0.4 is 4.74 Å². The minimum atomic E-state index is -1.86. The van der Waals surface area contributed by atoms with E-state index in [-0.39, 0.29) is 10.6 Å². The van der Waals surface area contributed by atoms with Gasteiger partial charge in [-0.15, -0.1) is 0 Å². The fourth-order valence-corrected chi connectivity index (χ4v) is 3.83. The van der Waals surface area contributed by atoms with Crippen LogP contribution in [0.5, 0.6) is 5.75 Å². The molecular weight excluding hydrogens is 445 g/mol. The van der Waals surface area contributed by atoms with Gasteiger partial charge in [0.25, 0.3) is 5.72 Å². The molecule has 2 aromatic carbocycles. The fraction of sp³-hybridized carbons (Fsp3) is 0.118. The number of ether oxygens (including phenoxy) is 1. The zero-order valence-electron chi connectivity index (χ0n) is 12.9. The summed E-state index contributed by atoms with van der Waals surface area (Å²) in [4.78, 5) is 17.3. The third kappa shape index (κ3) is 2.54. The molecule has 26 heavy (non-hydrogen) atoms. The summed E-state index contributed by atoms with van der Waals surface area (Å²) in [7, 11) is 0. The van der Waals surface area contributed by atoms with Gasteiger partial charge in [-0.2, -0.15) is 5.10 Å². The van der Waals surface area contributed by atoms with Gasteiger partial charge in [-0.1, -0.05) is 39.1 Å². The Kier molecular flexibility index (Phi) is 4.27. The number of halogens is 3. The second-order valence-electron chi connectivity index (χ2n) is 5.68. The number of hydrogen-bond donors (Lipinski definition) is 1. The van der Waals surface area contributed by atoms with Crippen LogP contribution in [-0.4, -0.2) is 25.7 Å². The highest BCUT2D eigenvalue weighted by Crippen LogP contribution is 2.48. The van der Waals surface area contributed by atoms with Crippen LogP contribution >= 0.6 is 39.1 Å². The Morgan fingerprint density at radius 2 is 2.08 bits per heavy atom. The molecule has 0 aliphatic carbocycles. The van der Waals surface area contributed by atoms with Crippen LogP contribution in [0.4, 0.5) is 0 Å². The van der Waals surface area contributed by atoms with Crippen LogP contribution in [-0.2, 0) is 5.72 Å². The molecule has 0 radical (unpaired) electrons. The molecule has 0 saturated heterocycles. The van der Waals surface area contributed by atoms with Crippen molar-refractivity contribution in [1.82, 2.24) is 14.8 Å². The minimum Gasteiger partial charge on any atom is -0.455 e. The first-order valence-electron chi connectivity index (χ1n) is 7.45. The highest BCUT2D eigenvalue weighted by atomic mass is 79.9. The number of nitrogens with zero attached hydrogens (tertiary/aromatic N) is 3. The number of benzene rings is 2. The van der Waals surface area contributed by atoms with Gasteiger partial charge in [-0.05, 0) is 36.4 Å². The predicted octanol–water partition coefficient (Wildman–Crippen LogP) is 4.01. The van der Waals surface area contributed by atoms with Crippen LogP contribution in [0.3, 0.4) is 0 Å². The molecule has 0 bridgehead atoms. The number of carbonyl (C=O) groups excluding carboxylic acids is 1. The normalized spacial score (nSPS) is 21.3. The Morgan fingerprint density at radius 1 is 1.27 bits per heavy atom. The molecule has 2 atom stereocenters. The van der Waals surface area contributed by atoms with Gasteiger partial charge in [0.1, 0.15) is 18.4 Å². The summed E-state index contributed by atoms with van der Waals surface area (Å²) in [6, 6.07) is 9.59. The lowest BCUT2D eigenvalue weighted by Gasteiger charge is -2.30. The van der Waals surface area contributed by atoms with E-state index >= 15 is 0 Å². The van der Waals surface area contributed by atoms with E-state index in [2.05, 4.69) is 26.0 Å². The van der Waals surface area contributed by atoms with E-state index < -0.39 is 17.6 Å². The Morgan fingerprint density at radius 3 is 2.77 bits per heavy atom. The number of ketones is 1. The van der Waals surface area contributed by atoms with Crippen LogP contribution in [0.25, 0.3) is 0 Å². The molecule has 1 N–H and O–H groups in total. The van der Waals surface area contributed by atoms with Crippen molar-refractivity contribution >= 4 is 44.9 Å². The number of aliphatic hydroxyl groups is 1. The molecule has 6 nitrogen and oxygen atoms in total.